The van der Waals surface area contributed by atoms with Crippen molar-refractivity contribution in [1.29, 1.82) is 0 Å². The summed E-state index contributed by atoms with van der Waals surface area (Å²) in [7, 11) is -3.07. The lowest BCUT2D eigenvalue weighted by Crippen LogP contribution is -2.43. The van der Waals surface area contributed by atoms with Crippen LogP contribution in [-0.2, 0) is 9.84 Å². The fourth-order valence-electron chi connectivity index (χ4n) is 5.52. The second-order valence-corrected chi connectivity index (χ2v) is 12.1. The monoisotopic (exact) mass is 519 g/mol. The first kappa shape index (κ1) is 23.7. The van der Waals surface area contributed by atoms with Crippen LogP contribution in [-0.4, -0.2) is 68.2 Å². The van der Waals surface area contributed by atoms with Crippen molar-refractivity contribution in [2.45, 2.75) is 38.1 Å². The number of sulfone groups is 1. The molecule has 1 aliphatic heterocycles. The van der Waals surface area contributed by atoms with Gasteiger partial charge in [0.25, 0.3) is 5.91 Å². The molecule has 6 rings (SSSR count). The van der Waals surface area contributed by atoms with Crippen LogP contribution in [0.15, 0.2) is 48.9 Å². The van der Waals surface area contributed by atoms with Crippen LogP contribution in [0.1, 0.15) is 48.5 Å². The van der Waals surface area contributed by atoms with Gasteiger partial charge in [-0.1, -0.05) is 31.4 Å². The van der Waals surface area contributed by atoms with E-state index in [0.29, 0.717) is 22.9 Å². The largest absolute Gasteiger partial charge is 0.382 e. The minimum absolute atomic E-state index is 0.00396. The molecule has 1 saturated carbocycles. The van der Waals surface area contributed by atoms with Crippen LogP contribution in [0.4, 0.5) is 5.82 Å². The maximum Gasteiger partial charge on any atom is 0.253 e. The molecule has 2 N–H and O–H groups in total. The van der Waals surface area contributed by atoms with Gasteiger partial charge in [0, 0.05) is 36.0 Å². The van der Waals surface area contributed by atoms with Crippen molar-refractivity contribution in [1.82, 2.24) is 29.3 Å². The number of anilines is 1. The highest BCUT2D eigenvalue weighted by Crippen LogP contribution is 2.38. The highest BCUT2D eigenvalue weighted by Gasteiger charge is 2.27. The number of fused-ring (bicyclic) bond motifs is 1. The third-order valence-electron chi connectivity index (χ3n) is 7.49. The fraction of sp³-hybridized carbons (Fsp3) is 0.385. The molecule has 1 aliphatic carbocycles. The van der Waals surface area contributed by atoms with Crippen LogP contribution in [0.25, 0.3) is 28.0 Å². The number of hydrogen-bond acceptors (Lipinski definition) is 7. The molecule has 1 amide bonds. The van der Waals surface area contributed by atoms with Gasteiger partial charge in [-0.05, 0) is 37.1 Å². The summed E-state index contributed by atoms with van der Waals surface area (Å²) < 4.78 is 27.5. The maximum atomic E-state index is 13.2. The van der Waals surface area contributed by atoms with Gasteiger partial charge in [0.2, 0.25) is 0 Å². The molecule has 10 nitrogen and oxygen atoms in total. The van der Waals surface area contributed by atoms with Gasteiger partial charge in [-0.25, -0.2) is 17.9 Å². The number of nitrogens with two attached hydrogens (primary N) is 1. The Balaban J connectivity index is 1.41. The van der Waals surface area contributed by atoms with Crippen LogP contribution in [0.2, 0.25) is 0 Å². The average molecular weight is 520 g/mol. The lowest BCUT2D eigenvalue weighted by molar-refractivity contribution is 0.0770. The molecule has 2 aliphatic rings. The van der Waals surface area contributed by atoms with E-state index in [1.165, 1.54) is 25.6 Å². The number of nitrogen functional groups attached to an aromatic ring is 1. The number of carbonyl (C=O) groups is 1. The second-order valence-electron chi connectivity index (χ2n) is 9.83. The molecule has 4 aromatic rings. The summed E-state index contributed by atoms with van der Waals surface area (Å²) in [5.41, 5.74) is 11.0. The van der Waals surface area contributed by atoms with E-state index in [9.17, 15) is 13.2 Å². The molecule has 192 valence electrons. The molecule has 3 aromatic heterocycles. The van der Waals surface area contributed by atoms with Crippen LogP contribution >= 0.6 is 0 Å². The first-order valence-corrected chi connectivity index (χ1v) is 14.5. The number of aromatic nitrogens is 5. The van der Waals surface area contributed by atoms with E-state index in [4.69, 9.17) is 5.73 Å². The molecule has 0 atom stereocenters. The van der Waals surface area contributed by atoms with Crippen LogP contribution in [0.3, 0.4) is 0 Å². The molecule has 11 heteroatoms. The Bertz CT molecular complexity index is 1570. The number of nitrogens with zero attached hydrogens (tertiary/aromatic N) is 6. The molecule has 0 spiro atoms. The summed E-state index contributed by atoms with van der Waals surface area (Å²) in [5.74, 6) is 0.184. The number of amides is 1. The molecule has 1 aromatic carbocycles. The van der Waals surface area contributed by atoms with E-state index >= 15 is 0 Å². The first-order chi connectivity index (χ1) is 17.9. The van der Waals surface area contributed by atoms with Gasteiger partial charge in [0.1, 0.15) is 11.8 Å². The zero-order chi connectivity index (χ0) is 25.6. The third-order valence-corrected chi connectivity index (χ3v) is 9.10. The lowest BCUT2D eigenvalue weighted by Gasteiger charge is -2.26. The predicted octanol–water partition coefficient (Wildman–Crippen LogP) is 3.22. The Morgan fingerprint density at radius 3 is 2.54 bits per heavy atom. The zero-order valence-corrected chi connectivity index (χ0v) is 21.3. The highest BCUT2D eigenvalue weighted by atomic mass is 32.2. The van der Waals surface area contributed by atoms with Gasteiger partial charge in [0.15, 0.2) is 15.7 Å². The van der Waals surface area contributed by atoms with E-state index in [-0.39, 0.29) is 30.5 Å². The third kappa shape index (κ3) is 4.37. The summed E-state index contributed by atoms with van der Waals surface area (Å²) >= 11 is 0. The van der Waals surface area contributed by atoms with Gasteiger partial charge in [-0.2, -0.15) is 10.2 Å². The summed E-state index contributed by atoms with van der Waals surface area (Å²) in [6, 6.07) is 11.7. The smallest absolute Gasteiger partial charge is 0.253 e. The SMILES string of the molecule is Nc1ncnn2c(-c3cccc(C(=O)N4CCS(=O)(=O)CC4)c3)cc(-c3ccnn3C3CCCCC3)c12. The Labute approximate surface area is 215 Å². The van der Waals surface area contributed by atoms with Crippen molar-refractivity contribution in [3.63, 3.8) is 0 Å². The molecule has 37 heavy (non-hydrogen) atoms. The summed E-state index contributed by atoms with van der Waals surface area (Å²) in [4.78, 5) is 19.0. The molecular formula is C26H29N7O3S. The van der Waals surface area contributed by atoms with E-state index < -0.39 is 9.84 Å². The predicted molar refractivity (Wildman–Crippen MR) is 141 cm³/mol. The van der Waals surface area contributed by atoms with Crippen molar-refractivity contribution < 1.29 is 13.2 Å². The second kappa shape index (κ2) is 9.29. The summed E-state index contributed by atoms with van der Waals surface area (Å²) in [5, 5.41) is 9.17. The Kier molecular flexibility index (Phi) is 5.94. The molecule has 2 fully saturated rings. The molecule has 0 radical (unpaired) electrons. The van der Waals surface area contributed by atoms with Crippen LogP contribution in [0, 0.1) is 0 Å². The van der Waals surface area contributed by atoms with Crippen LogP contribution in [0.5, 0.6) is 0 Å². The fourth-order valence-corrected chi connectivity index (χ4v) is 6.72. The van der Waals surface area contributed by atoms with Crippen molar-refractivity contribution in [3.8, 4) is 22.5 Å². The molecule has 0 bridgehead atoms. The van der Waals surface area contributed by atoms with Crippen molar-refractivity contribution >= 4 is 27.1 Å². The Morgan fingerprint density at radius 1 is 0.973 bits per heavy atom. The van der Waals surface area contributed by atoms with Crippen molar-refractivity contribution in [3.05, 3.63) is 54.5 Å². The van der Waals surface area contributed by atoms with Crippen LogP contribution < -0.4 is 5.73 Å². The topological polar surface area (TPSA) is 128 Å². The minimum Gasteiger partial charge on any atom is -0.382 e. The number of hydrogen-bond donors (Lipinski definition) is 1. The Morgan fingerprint density at radius 2 is 1.76 bits per heavy atom. The normalized spacial score (nSPS) is 18.3. The van der Waals surface area contributed by atoms with E-state index in [1.54, 1.807) is 15.5 Å². The summed E-state index contributed by atoms with van der Waals surface area (Å²) in [6.07, 6.45) is 9.10. The Hall–Kier alpha value is -3.73. The standard InChI is InChI=1S/C26H29N7O3S/c27-25-24-21(22-9-10-29-32(22)20-7-2-1-3-8-20)16-23(33(24)30-17-28-25)18-5-4-6-19(15-18)26(34)31-11-13-37(35,36)14-12-31/h4-6,9-10,15-17,20H,1-3,7-8,11-14H2,(H2,27,28,30). The van der Waals surface area contributed by atoms with Gasteiger partial charge < -0.3 is 10.6 Å². The maximum absolute atomic E-state index is 13.2. The van der Waals surface area contributed by atoms with Gasteiger partial charge in [-0.3, -0.25) is 9.48 Å². The van der Waals surface area contributed by atoms with Gasteiger partial charge >= 0.3 is 0 Å². The molecule has 1 saturated heterocycles. The molecule has 0 unspecified atom stereocenters. The average Bonchev–Trinajstić information content (AvgIpc) is 3.55. The van der Waals surface area contributed by atoms with Gasteiger partial charge in [-0.15, -0.1) is 0 Å². The number of rotatable bonds is 4. The zero-order valence-electron chi connectivity index (χ0n) is 20.5. The van der Waals surface area contributed by atoms with E-state index in [1.807, 2.05) is 36.5 Å². The van der Waals surface area contributed by atoms with E-state index in [2.05, 4.69) is 19.9 Å². The first-order valence-electron chi connectivity index (χ1n) is 12.7. The number of benzene rings is 1. The van der Waals surface area contributed by atoms with Crippen molar-refractivity contribution in [2.24, 2.45) is 0 Å². The number of carbonyl (C=O) groups excluding carboxylic acids is 1. The lowest BCUT2D eigenvalue weighted by atomic mass is 9.95. The minimum atomic E-state index is -3.07. The van der Waals surface area contributed by atoms with E-state index in [0.717, 1.165) is 35.4 Å². The quantitative estimate of drug-likeness (QED) is 0.438. The molecular weight excluding hydrogens is 490 g/mol. The summed E-state index contributed by atoms with van der Waals surface area (Å²) in [6.45, 7) is 0.414. The molecule has 4 heterocycles. The van der Waals surface area contributed by atoms with Gasteiger partial charge in [0.05, 0.1) is 28.9 Å². The van der Waals surface area contributed by atoms with Crippen molar-refractivity contribution in [2.75, 3.05) is 30.3 Å². The highest BCUT2D eigenvalue weighted by molar-refractivity contribution is 7.91.